The van der Waals surface area contributed by atoms with Gasteiger partial charge in [0.05, 0.1) is 29.1 Å². The van der Waals surface area contributed by atoms with Crippen molar-refractivity contribution >= 4 is 23.8 Å². The monoisotopic (exact) mass is 440 g/mol. The molecule has 1 aromatic carbocycles. The molecule has 4 aliphatic carbocycles. The lowest BCUT2D eigenvalue weighted by Gasteiger charge is -2.56. The Labute approximate surface area is 168 Å². The van der Waals surface area contributed by atoms with Gasteiger partial charge in [0.15, 0.2) is 23.3 Å². The summed E-state index contributed by atoms with van der Waals surface area (Å²) in [7, 11) is 0. The van der Waals surface area contributed by atoms with Gasteiger partial charge < -0.3 is 4.74 Å². The topological polar surface area (TPSA) is 47.9 Å². The van der Waals surface area contributed by atoms with E-state index < -0.39 is 33.1 Å². The molecule has 4 fully saturated rings. The highest BCUT2D eigenvalue weighted by atomic mass is 32.2. The minimum absolute atomic E-state index is 0.134. The zero-order valence-electron chi connectivity index (χ0n) is 14.9. The second-order valence-corrected chi connectivity index (χ2v) is 9.75. The Kier molecular flexibility index (Phi) is 6.16. The first-order valence-corrected chi connectivity index (χ1v) is 10.9. The van der Waals surface area contributed by atoms with E-state index in [0.29, 0.717) is 29.5 Å². The maximum absolute atomic E-state index is 14.2. The lowest BCUT2D eigenvalue weighted by atomic mass is 9.54. The molecule has 28 heavy (non-hydrogen) atoms. The van der Waals surface area contributed by atoms with Crippen molar-refractivity contribution in [1.29, 1.82) is 0 Å². The molecule has 156 valence electrons. The van der Waals surface area contributed by atoms with Gasteiger partial charge in [-0.25, -0.2) is 22.8 Å². The van der Waals surface area contributed by atoms with Gasteiger partial charge in [-0.15, -0.1) is 16.1 Å². The minimum Gasteiger partial charge on any atom is -0.374 e. The molecular weight excluding hydrogens is 420 g/mol. The van der Waals surface area contributed by atoms with Gasteiger partial charge in [0, 0.05) is 5.75 Å². The van der Waals surface area contributed by atoms with Crippen LogP contribution in [0.25, 0.3) is 0 Å². The highest BCUT2D eigenvalue weighted by molar-refractivity contribution is 7.99. The van der Waals surface area contributed by atoms with Gasteiger partial charge in [0.25, 0.3) is 0 Å². The Hall–Kier alpha value is -0.520. The summed E-state index contributed by atoms with van der Waals surface area (Å²) < 4.78 is 66.3. The summed E-state index contributed by atoms with van der Waals surface area (Å²) in [5.41, 5.74) is -0.134. The maximum atomic E-state index is 14.2. The highest BCUT2D eigenvalue weighted by Gasteiger charge is 2.51. The van der Waals surface area contributed by atoms with Crippen molar-refractivity contribution in [1.82, 2.24) is 0 Å². The third-order valence-corrected chi connectivity index (χ3v) is 7.72. The highest BCUT2D eigenvalue weighted by Crippen LogP contribution is 2.57. The van der Waals surface area contributed by atoms with Crippen molar-refractivity contribution in [2.75, 3.05) is 12.4 Å². The van der Waals surface area contributed by atoms with E-state index in [0.717, 1.165) is 19.3 Å². The van der Waals surface area contributed by atoms with Crippen LogP contribution in [-0.4, -0.2) is 23.2 Å². The number of rotatable bonds is 8. The Bertz CT molecular complexity index is 684. The summed E-state index contributed by atoms with van der Waals surface area (Å²) in [4.78, 5) is -1.81. The predicted octanol–water partition coefficient (Wildman–Crippen LogP) is 5.75. The third kappa shape index (κ3) is 3.91. The Morgan fingerprint density at radius 1 is 0.857 bits per heavy atom. The van der Waals surface area contributed by atoms with Gasteiger partial charge in [0.1, 0.15) is 4.90 Å². The molecule has 4 nitrogen and oxygen atoms in total. The molecule has 4 aliphatic rings. The standard InChI is InChI=1S/C18H20F4O4S2/c19-12-14(21)17(28-26-25-23)15(22)13(20)16(12)27-2-1-24-18-6-9-3-10(7-18)5-11(4-9)8-18/h9-11,23H,1-8H2. The molecule has 4 bridgehead atoms. The van der Waals surface area contributed by atoms with Crippen molar-refractivity contribution in [2.45, 2.75) is 53.9 Å². The summed E-state index contributed by atoms with van der Waals surface area (Å²) >= 11 is 0.512. The summed E-state index contributed by atoms with van der Waals surface area (Å²) in [6, 6.07) is 0. The Balaban J connectivity index is 1.38. The van der Waals surface area contributed by atoms with Crippen LogP contribution in [0.1, 0.15) is 38.5 Å². The van der Waals surface area contributed by atoms with Crippen LogP contribution in [0, 0.1) is 41.0 Å². The fraction of sp³-hybridized carbons (Fsp3) is 0.667. The summed E-state index contributed by atoms with van der Waals surface area (Å²) in [6.45, 7) is 0.261. The molecule has 1 aromatic rings. The average molecular weight is 440 g/mol. The molecule has 5 rings (SSSR count). The van der Waals surface area contributed by atoms with Crippen LogP contribution in [0.4, 0.5) is 17.6 Å². The van der Waals surface area contributed by atoms with Gasteiger partial charge >= 0.3 is 0 Å². The minimum atomic E-state index is -1.61. The first-order valence-electron chi connectivity index (χ1n) is 9.20. The number of benzene rings is 1. The van der Waals surface area contributed by atoms with Crippen LogP contribution in [0.2, 0.25) is 0 Å². The summed E-state index contributed by atoms with van der Waals surface area (Å²) in [6.07, 6.45) is 6.95. The van der Waals surface area contributed by atoms with Crippen LogP contribution < -0.4 is 0 Å². The zero-order chi connectivity index (χ0) is 19.9. The van der Waals surface area contributed by atoms with E-state index in [1.807, 2.05) is 0 Å². The lowest BCUT2D eigenvalue weighted by molar-refractivity contribution is -0.432. The van der Waals surface area contributed by atoms with E-state index in [2.05, 4.69) is 9.37 Å². The smallest absolute Gasteiger partial charge is 0.179 e. The number of thioether (sulfide) groups is 1. The number of ether oxygens (including phenoxy) is 1. The van der Waals surface area contributed by atoms with Gasteiger partial charge in [0.2, 0.25) is 0 Å². The van der Waals surface area contributed by atoms with Crippen molar-refractivity contribution in [2.24, 2.45) is 17.8 Å². The fourth-order valence-electron chi connectivity index (χ4n) is 5.45. The largest absolute Gasteiger partial charge is 0.374 e. The van der Waals surface area contributed by atoms with E-state index in [4.69, 9.17) is 9.99 Å². The Morgan fingerprint density at radius 2 is 1.36 bits per heavy atom. The molecule has 1 N–H and O–H groups in total. The molecule has 0 saturated heterocycles. The van der Waals surface area contributed by atoms with Gasteiger partial charge in [-0.2, -0.15) is 0 Å². The predicted molar refractivity (Wildman–Crippen MR) is 94.5 cm³/mol. The number of hydrogen-bond donors (Lipinski definition) is 1. The van der Waals surface area contributed by atoms with Gasteiger partial charge in [-0.1, -0.05) is 5.04 Å². The van der Waals surface area contributed by atoms with E-state index in [1.54, 1.807) is 0 Å². The second-order valence-electron chi connectivity index (χ2n) is 7.94. The van der Waals surface area contributed by atoms with E-state index in [9.17, 15) is 17.6 Å². The lowest BCUT2D eigenvalue weighted by Crippen LogP contribution is -2.52. The van der Waals surface area contributed by atoms with Crippen molar-refractivity contribution in [3.63, 3.8) is 0 Å². The first-order chi connectivity index (χ1) is 13.4. The first kappa shape index (κ1) is 20.7. The molecule has 0 heterocycles. The van der Waals surface area contributed by atoms with Crippen LogP contribution in [0.5, 0.6) is 0 Å². The average Bonchev–Trinajstić information content (AvgIpc) is 2.65. The van der Waals surface area contributed by atoms with Crippen molar-refractivity contribution in [3.8, 4) is 0 Å². The summed E-state index contributed by atoms with van der Waals surface area (Å²) in [5.74, 6) is -3.91. The zero-order valence-corrected chi connectivity index (χ0v) is 16.5. The van der Waals surface area contributed by atoms with Crippen LogP contribution >= 0.6 is 23.8 Å². The van der Waals surface area contributed by atoms with E-state index in [1.165, 1.54) is 19.3 Å². The van der Waals surface area contributed by atoms with Gasteiger partial charge in [-0.05, 0) is 56.3 Å². The van der Waals surface area contributed by atoms with Crippen LogP contribution in [0.15, 0.2) is 9.79 Å². The molecular formula is C18H20F4O4S2. The third-order valence-electron chi connectivity index (χ3n) is 6.05. The van der Waals surface area contributed by atoms with Crippen molar-refractivity contribution in [3.05, 3.63) is 23.3 Å². The summed E-state index contributed by atoms with van der Waals surface area (Å²) in [5, 5.41) is 11.2. The second kappa shape index (κ2) is 8.31. The molecule has 0 spiro atoms. The fourth-order valence-corrected chi connectivity index (χ4v) is 6.68. The van der Waals surface area contributed by atoms with Crippen LogP contribution in [-0.2, 0) is 14.1 Å². The molecule has 4 saturated carbocycles. The quantitative estimate of drug-likeness (QED) is 0.106. The maximum Gasteiger partial charge on any atom is 0.179 e. The normalized spacial score (nSPS) is 31.0. The molecule has 0 aromatic heterocycles. The van der Waals surface area contributed by atoms with E-state index in [-0.39, 0.29) is 30.0 Å². The molecule has 0 aliphatic heterocycles. The molecule has 0 radical (unpaired) electrons. The van der Waals surface area contributed by atoms with Crippen LogP contribution in [0.3, 0.4) is 0 Å². The van der Waals surface area contributed by atoms with E-state index >= 15 is 0 Å². The number of halogens is 4. The Morgan fingerprint density at radius 3 is 1.86 bits per heavy atom. The van der Waals surface area contributed by atoms with Gasteiger partial charge in [-0.3, -0.25) is 0 Å². The molecule has 0 atom stereocenters. The van der Waals surface area contributed by atoms with Crippen molar-refractivity contribution < 1.29 is 36.9 Å². The SMILES string of the molecule is OOOSc1c(F)c(F)c(SCCOC23CC4CC(CC(C4)C2)C3)c(F)c1F. The molecule has 0 unspecified atom stereocenters. The molecule has 10 heteroatoms. The molecule has 0 amide bonds. The number of hydrogen-bond acceptors (Lipinski definition) is 6.